The van der Waals surface area contributed by atoms with Crippen molar-refractivity contribution in [3.05, 3.63) is 0 Å². The van der Waals surface area contributed by atoms with Crippen molar-refractivity contribution in [3.8, 4) is 0 Å². The highest BCUT2D eigenvalue weighted by Gasteiger charge is 2.31. The lowest BCUT2D eigenvalue weighted by atomic mass is 10.0. The quantitative estimate of drug-likeness (QED) is 0.621. The number of carbonyl (C=O) groups excluding carboxylic acids is 1. The lowest BCUT2D eigenvalue weighted by Gasteiger charge is -2.24. The van der Waals surface area contributed by atoms with E-state index in [4.69, 9.17) is 5.11 Å². The van der Waals surface area contributed by atoms with Crippen LogP contribution in [0.2, 0.25) is 0 Å². The number of hydrogen-bond donors (Lipinski definition) is 3. The topological polar surface area (TPSA) is 89.9 Å². The smallest absolute Gasteiger partial charge is 0.317 e. The van der Waals surface area contributed by atoms with Crippen LogP contribution in [0.15, 0.2) is 0 Å². The summed E-state index contributed by atoms with van der Waals surface area (Å²) in [7, 11) is 1.69. The van der Waals surface area contributed by atoms with Gasteiger partial charge in [0.2, 0.25) is 0 Å². The van der Waals surface area contributed by atoms with Gasteiger partial charge in [-0.05, 0) is 19.8 Å². The summed E-state index contributed by atoms with van der Waals surface area (Å²) in [6.07, 6.45) is 1.63. The third-order valence-electron chi connectivity index (χ3n) is 2.57. The van der Waals surface area contributed by atoms with Gasteiger partial charge >= 0.3 is 12.0 Å². The Kier molecular flexibility index (Phi) is 3.74. The second kappa shape index (κ2) is 4.69. The number of nitrogens with zero attached hydrogens (tertiary/aromatic N) is 1. The van der Waals surface area contributed by atoms with Crippen molar-refractivity contribution in [3.63, 3.8) is 0 Å². The maximum atomic E-state index is 11.5. The molecule has 3 N–H and O–H groups in total. The lowest BCUT2D eigenvalue weighted by Crippen LogP contribution is -2.46. The molecule has 0 saturated heterocycles. The number of nitrogens with one attached hydrogen (secondary N) is 1. The number of aliphatic hydroxyl groups is 1. The molecule has 1 saturated carbocycles. The fourth-order valence-corrected chi connectivity index (χ4v) is 1.41. The number of carboxylic acids is 1. The van der Waals surface area contributed by atoms with Crippen LogP contribution in [0.5, 0.6) is 0 Å². The molecule has 0 radical (unpaired) electrons. The standard InChI is InChI=1S/C10H18N2O4/c1-10(16,5-8(13)14)6-11-9(15)12(2)7-3-4-7/h7,16H,3-6H2,1-2H3,(H,11,15)(H,13,14). The Hall–Kier alpha value is -1.30. The summed E-state index contributed by atoms with van der Waals surface area (Å²) in [6.45, 7) is 1.33. The van der Waals surface area contributed by atoms with Crippen LogP contribution in [0.4, 0.5) is 4.79 Å². The summed E-state index contributed by atoms with van der Waals surface area (Å²) in [5.41, 5.74) is -1.41. The summed E-state index contributed by atoms with van der Waals surface area (Å²) in [5.74, 6) is -1.09. The number of amides is 2. The van der Waals surface area contributed by atoms with E-state index >= 15 is 0 Å². The van der Waals surface area contributed by atoms with E-state index in [1.165, 1.54) is 6.92 Å². The van der Waals surface area contributed by atoms with Crippen molar-refractivity contribution in [2.75, 3.05) is 13.6 Å². The van der Waals surface area contributed by atoms with Crippen molar-refractivity contribution in [2.45, 2.75) is 37.8 Å². The van der Waals surface area contributed by atoms with E-state index in [1.807, 2.05) is 0 Å². The molecule has 0 bridgehead atoms. The molecule has 0 heterocycles. The monoisotopic (exact) mass is 230 g/mol. The molecule has 1 aliphatic carbocycles. The zero-order valence-corrected chi connectivity index (χ0v) is 9.56. The Labute approximate surface area is 94.2 Å². The minimum atomic E-state index is -1.41. The van der Waals surface area contributed by atoms with Gasteiger partial charge in [0.25, 0.3) is 0 Å². The first-order valence-electron chi connectivity index (χ1n) is 5.27. The van der Waals surface area contributed by atoms with E-state index in [0.29, 0.717) is 6.04 Å². The van der Waals surface area contributed by atoms with Crippen molar-refractivity contribution in [1.29, 1.82) is 0 Å². The van der Waals surface area contributed by atoms with Gasteiger partial charge in [-0.1, -0.05) is 0 Å². The molecule has 0 aromatic rings. The highest BCUT2D eigenvalue weighted by molar-refractivity contribution is 5.75. The normalized spacial score (nSPS) is 18.7. The summed E-state index contributed by atoms with van der Waals surface area (Å²) in [6, 6.07) is 0.0255. The summed E-state index contributed by atoms with van der Waals surface area (Å²) in [4.78, 5) is 23.5. The maximum absolute atomic E-state index is 11.5. The molecule has 6 heteroatoms. The molecule has 0 aromatic carbocycles. The van der Waals surface area contributed by atoms with E-state index in [0.717, 1.165) is 12.8 Å². The molecule has 0 aromatic heterocycles. The first-order chi connectivity index (χ1) is 7.32. The molecule has 0 aliphatic heterocycles. The van der Waals surface area contributed by atoms with Crippen molar-refractivity contribution in [1.82, 2.24) is 10.2 Å². The second-order valence-electron chi connectivity index (χ2n) is 4.57. The largest absolute Gasteiger partial charge is 0.481 e. The lowest BCUT2D eigenvalue weighted by molar-refractivity contribution is -0.141. The molecule has 0 spiro atoms. The second-order valence-corrected chi connectivity index (χ2v) is 4.57. The van der Waals surface area contributed by atoms with Gasteiger partial charge in [-0.2, -0.15) is 0 Å². The molecule has 1 fully saturated rings. The molecule has 1 rings (SSSR count). The van der Waals surface area contributed by atoms with Crippen LogP contribution >= 0.6 is 0 Å². The number of rotatable bonds is 5. The van der Waals surface area contributed by atoms with Crippen LogP contribution in [0, 0.1) is 0 Å². The summed E-state index contributed by atoms with van der Waals surface area (Å²) >= 11 is 0. The van der Waals surface area contributed by atoms with Gasteiger partial charge in [0.1, 0.15) is 0 Å². The maximum Gasteiger partial charge on any atom is 0.317 e. The Morgan fingerprint density at radius 2 is 2.06 bits per heavy atom. The van der Waals surface area contributed by atoms with Crippen LogP contribution in [-0.4, -0.2) is 52.3 Å². The van der Waals surface area contributed by atoms with Crippen LogP contribution < -0.4 is 5.32 Å². The zero-order chi connectivity index (χ0) is 12.3. The average molecular weight is 230 g/mol. The molecule has 1 aliphatic rings. The number of urea groups is 1. The van der Waals surface area contributed by atoms with E-state index in [2.05, 4.69) is 5.32 Å². The average Bonchev–Trinajstić information content (AvgIpc) is 2.94. The fraction of sp³-hybridized carbons (Fsp3) is 0.800. The first-order valence-corrected chi connectivity index (χ1v) is 5.27. The van der Waals surface area contributed by atoms with Crippen LogP contribution in [0.3, 0.4) is 0 Å². The van der Waals surface area contributed by atoms with Gasteiger partial charge in [-0.3, -0.25) is 4.79 Å². The van der Waals surface area contributed by atoms with Crippen LogP contribution in [0.25, 0.3) is 0 Å². The van der Waals surface area contributed by atoms with E-state index in [1.54, 1.807) is 11.9 Å². The molecular weight excluding hydrogens is 212 g/mol. The molecular formula is C10H18N2O4. The number of carbonyl (C=O) groups is 2. The van der Waals surface area contributed by atoms with Gasteiger partial charge in [0.05, 0.1) is 12.0 Å². The molecule has 2 amide bonds. The first kappa shape index (κ1) is 12.8. The minimum absolute atomic E-state index is 0.0603. The Bertz CT molecular complexity index is 287. The van der Waals surface area contributed by atoms with Crippen molar-refractivity contribution < 1.29 is 19.8 Å². The number of carboxylic acid groups (broad SMARTS) is 1. The third kappa shape index (κ3) is 4.06. The van der Waals surface area contributed by atoms with Gasteiger partial charge < -0.3 is 20.4 Å². The van der Waals surface area contributed by atoms with E-state index in [9.17, 15) is 14.7 Å². The van der Waals surface area contributed by atoms with E-state index < -0.39 is 11.6 Å². The molecule has 6 nitrogen and oxygen atoms in total. The Morgan fingerprint density at radius 3 is 2.50 bits per heavy atom. The summed E-state index contributed by atoms with van der Waals surface area (Å²) in [5, 5.41) is 20.7. The molecule has 1 unspecified atom stereocenters. The number of hydrogen-bond acceptors (Lipinski definition) is 3. The molecule has 1 atom stereocenters. The predicted octanol–water partition coefficient (Wildman–Crippen LogP) is 0.0159. The number of aliphatic carboxylic acids is 1. The van der Waals surface area contributed by atoms with Crippen molar-refractivity contribution >= 4 is 12.0 Å². The highest BCUT2D eigenvalue weighted by Crippen LogP contribution is 2.25. The van der Waals surface area contributed by atoms with Crippen molar-refractivity contribution in [2.24, 2.45) is 0 Å². The van der Waals surface area contributed by atoms with Gasteiger partial charge in [0.15, 0.2) is 0 Å². The van der Waals surface area contributed by atoms with Gasteiger partial charge in [-0.25, -0.2) is 4.79 Å². The van der Waals surface area contributed by atoms with Crippen LogP contribution in [0.1, 0.15) is 26.2 Å². The van der Waals surface area contributed by atoms with Gasteiger partial charge in [-0.15, -0.1) is 0 Å². The zero-order valence-electron chi connectivity index (χ0n) is 9.56. The van der Waals surface area contributed by atoms with E-state index in [-0.39, 0.29) is 19.0 Å². The SMILES string of the molecule is CN(C(=O)NCC(C)(O)CC(=O)O)C1CC1. The third-order valence-corrected chi connectivity index (χ3v) is 2.57. The highest BCUT2D eigenvalue weighted by atomic mass is 16.4. The van der Waals surface area contributed by atoms with Crippen LogP contribution in [-0.2, 0) is 4.79 Å². The minimum Gasteiger partial charge on any atom is -0.481 e. The van der Waals surface area contributed by atoms with Gasteiger partial charge in [0, 0.05) is 19.6 Å². The molecule has 92 valence electrons. The molecule has 16 heavy (non-hydrogen) atoms. The fourth-order valence-electron chi connectivity index (χ4n) is 1.41. The Balaban J connectivity index is 2.31. The predicted molar refractivity (Wildman–Crippen MR) is 57.1 cm³/mol. The Morgan fingerprint density at radius 1 is 1.50 bits per heavy atom. The summed E-state index contributed by atoms with van der Waals surface area (Å²) < 4.78 is 0.